The van der Waals surface area contributed by atoms with Crippen molar-refractivity contribution in [3.8, 4) is 0 Å². The quantitative estimate of drug-likeness (QED) is 0.910. The van der Waals surface area contributed by atoms with E-state index in [1.165, 1.54) is 13.0 Å². The predicted octanol–water partition coefficient (Wildman–Crippen LogP) is 2.38. The van der Waals surface area contributed by atoms with Gasteiger partial charge in [0, 0.05) is 13.1 Å². The number of carbonyl (C=O) groups excluding carboxylic acids is 1. The summed E-state index contributed by atoms with van der Waals surface area (Å²) in [7, 11) is 0. The van der Waals surface area contributed by atoms with Crippen LogP contribution in [-0.4, -0.2) is 41.1 Å². The van der Waals surface area contributed by atoms with Gasteiger partial charge in [-0.15, -0.1) is 0 Å². The van der Waals surface area contributed by atoms with E-state index in [-0.39, 0.29) is 12.1 Å². The van der Waals surface area contributed by atoms with Crippen molar-refractivity contribution in [2.75, 3.05) is 13.1 Å². The highest BCUT2D eigenvalue weighted by Gasteiger charge is 2.64. The van der Waals surface area contributed by atoms with Crippen LogP contribution in [0.3, 0.4) is 0 Å². The molecule has 1 aromatic heterocycles. The molecule has 1 aromatic rings. The van der Waals surface area contributed by atoms with Gasteiger partial charge in [0.15, 0.2) is 5.41 Å². The maximum atomic E-state index is 13.1. The van der Waals surface area contributed by atoms with Gasteiger partial charge in [0.05, 0.1) is 5.56 Å². The van der Waals surface area contributed by atoms with Crippen LogP contribution in [0, 0.1) is 19.3 Å². The first-order chi connectivity index (χ1) is 9.58. The smallest absolute Gasteiger partial charge is 0.406 e. The first-order valence-corrected chi connectivity index (χ1v) is 6.25. The van der Waals surface area contributed by atoms with Gasteiger partial charge in [0.25, 0.3) is 5.91 Å². The number of carboxylic acids is 1. The van der Waals surface area contributed by atoms with Crippen LogP contribution < -0.4 is 0 Å². The van der Waals surface area contributed by atoms with Crippen LogP contribution in [0.15, 0.2) is 10.5 Å². The second kappa shape index (κ2) is 4.78. The minimum absolute atomic E-state index is 0.163. The Morgan fingerprint density at radius 2 is 2.00 bits per heavy atom. The summed E-state index contributed by atoms with van der Waals surface area (Å²) in [6, 6.07) is 1.44. The molecule has 0 saturated carbocycles. The molecule has 2 rings (SSSR count). The second-order valence-electron chi connectivity index (χ2n) is 5.19. The number of furan rings is 1. The molecular weight excluding hydrogens is 291 g/mol. The van der Waals surface area contributed by atoms with Crippen molar-refractivity contribution in [1.82, 2.24) is 4.90 Å². The van der Waals surface area contributed by atoms with Crippen LogP contribution in [0.2, 0.25) is 0 Å². The molecule has 1 N–H and O–H groups in total. The largest absolute Gasteiger partial charge is 0.481 e. The number of rotatable bonds is 2. The first kappa shape index (κ1) is 15.4. The fourth-order valence-electron chi connectivity index (χ4n) is 2.52. The Labute approximate surface area is 118 Å². The van der Waals surface area contributed by atoms with Crippen LogP contribution in [-0.2, 0) is 4.79 Å². The molecule has 0 radical (unpaired) electrons. The molecule has 2 heterocycles. The Morgan fingerprint density at radius 1 is 1.38 bits per heavy atom. The minimum atomic E-state index is -4.91. The number of nitrogens with zero attached hydrogens (tertiary/aromatic N) is 1. The Bertz CT molecular complexity index is 593. The zero-order valence-electron chi connectivity index (χ0n) is 11.5. The summed E-state index contributed by atoms with van der Waals surface area (Å²) in [5, 5.41) is 8.95. The number of likely N-dealkylation sites (tertiary alicyclic amines) is 1. The summed E-state index contributed by atoms with van der Waals surface area (Å²) in [6.07, 6.45) is -5.55. The van der Waals surface area contributed by atoms with Crippen molar-refractivity contribution in [2.24, 2.45) is 5.41 Å². The molecule has 1 aliphatic heterocycles. The zero-order valence-corrected chi connectivity index (χ0v) is 11.5. The molecule has 1 aliphatic rings. The second-order valence-corrected chi connectivity index (χ2v) is 5.19. The van der Waals surface area contributed by atoms with Gasteiger partial charge < -0.3 is 14.4 Å². The molecule has 21 heavy (non-hydrogen) atoms. The third-order valence-corrected chi connectivity index (χ3v) is 3.78. The van der Waals surface area contributed by atoms with E-state index in [4.69, 9.17) is 9.52 Å². The van der Waals surface area contributed by atoms with E-state index in [2.05, 4.69) is 0 Å². The number of hydrogen-bond donors (Lipinski definition) is 1. The SMILES string of the molecule is Cc1cc(C(=O)N2CCC(C(=O)O)(C(F)(F)F)C2)c(C)o1. The van der Waals surface area contributed by atoms with Gasteiger partial charge >= 0.3 is 12.1 Å². The lowest BCUT2D eigenvalue weighted by molar-refractivity contribution is -0.227. The molecule has 1 atom stereocenters. The molecule has 1 fully saturated rings. The van der Waals surface area contributed by atoms with Crippen molar-refractivity contribution in [1.29, 1.82) is 0 Å². The van der Waals surface area contributed by atoms with Crippen molar-refractivity contribution in [2.45, 2.75) is 26.4 Å². The molecule has 1 amide bonds. The number of halogens is 3. The lowest BCUT2D eigenvalue weighted by atomic mass is 9.86. The lowest BCUT2D eigenvalue weighted by Crippen LogP contribution is -2.47. The van der Waals surface area contributed by atoms with E-state index in [1.807, 2.05) is 0 Å². The molecule has 5 nitrogen and oxygen atoms in total. The van der Waals surface area contributed by atoms with Gasteiger partial charge in [-0.1, -0.05) is 0 Å². The number of hydrogen-bond acceptors (Lipinski definition) is 3. The van der Waals surface area contributed by atoms with E-state index in [0.29, 0.717) is 11.5 Å². The molecular formula is C13H14F3NO4. The number of carboxylic acid groups (broad SMARTS) is 1. The third kappa shape index (κ3) is 2.38. The Balaban J connectivity index is 2.28. The Kier molecular flexibility index (Phi) is 3.51. The Morgan fingerprint density at radius 3 is 2.38 bits per heavy atom. The molecule has 1 unspecified atom stereocenters. The molecule has 0 bridgehead atoms. The zero-order chi connectivity index (χ0) is 16.0. The van der Waals surface area contributed by atoms with Crippen LogP contribution >= 0.6 is 0 Å². The van der Waals surface area contributed by atoms with Gasteiger partial charge in [-0.3, -0.25) is 9.59 Å². The molecule has 0 aromatic carbocycles. The van der Waals surface area contributed by atoms with Gasteiger partial charge in [0.1, 0.15) is 11.5 Å². The van der Waals surface area contributed by atoms with Crippen LogP contribution in [0.1, 0.15) is 28.3 Å². The molecule has 0 spiro atoms. The lowest BCUT2D eigenvalue weighted by Gasteiger charge is -2.27. The summed E-state index contributed by atoms with van der Waals surface area (Å²) in [6.45, 7) is 2.01. The highest BCUT2D eigenvalue weighted by molar-refractivity contribution is 5.96. The number of carbonyl (C=O) groups is 2. The first-order valence-electron chi connectivity index (χ1n) is 6.25. The average molecular weight is 305 g/mol. The van der Waals surface area contributed by atoms with Crippen LogP contribution in [0.4, 0.5) is 13.2 Å². The minimum Gasteiger partial charge on any atom is -0.481 e. The summed E-state index contributed by atoms with van der Waals surface area (Å²) in [5.74, 6) is -1.82. The number of alkyl halides is 3. The van der Waals surface area contributed by atoms with E-state index in [1.54, 1.807) is 6.92 Å². The fraction of sp³-hybridized carbons (Fsp3) is 0.538. The standard InChI is InChI=1S/C13H14F3NO4/c1-7-5-9(8(2)21-7)10(18)17-4-3-12(6-17,11(19)20)13(14,15)16/h5H,3-4,6H2,1-2H3,(H,19,20). The van der Waals surface area contributed by atoms with Crippen molar-refractivity contribution >= 4 is 11.9 Å². The van der Waals surface area contributed by atoms with Crippen molar-refractivity contribution in [3.63, 3.8) is 0 Å². The maximum absolute atomic E-state index is 13.1. The van der Waals surface area contributed by atoms with Crippen molar-refractivity contribution < 1.29 is 32.3 Å². The maximum Gasteiger partial charge on any atom is 0.406 e. The monoisotopic (exact) mass is 305 g/mol. The number of aliphatic carboxylic acids is 1. The molecule has 8 heteroatoms. The molecule has 1 saturated heterocycles. The summed E-state index contributed by atoms with van der Waals surface area (Å²) in [5.41, 5.74) is -2.73. The van der Waals surface area contributed by atoms with E-state index >= 15 is 0 Å². The summed E-state index contributed by atoms with van der Waals surface area (Å²) >= 11 is 0. The van der Waals surface area contributed by atoms with E-state index in [9.17, 15) is 22.8 Å². The van der Waals surface area contributed by atoms with E-state index in [0.717, 1.165) is 4.90 Å². The molecule has 116 valence electrons. The highest BCUT2D eigenvalue weighted by atomic mass is 19.4. The topological polar surface area (TPSA) is 70.8 Å². The number of aryl methyl sites for hydroxylation is 2. The number of amides is 1. The third-order valence-electron chi connectivity index (χ3n) is 3.78. The van der Waals surface area contributed by atoms with Crippen LogP contribution in [0.5, 0.6) is 0 Å². The predicted molar refractivity (Wildman–Crippen MR) is 64.8 cm³/mol. The van der Waals surface area contributed by atoms with E-state index < -0.39 is 36.4 Å². The van der Waals surface area contributed by atoms with Gasteiger partial charge in [-0.05, 0) is 26.3 Å². The highest BCUT2D eigenvalue weighted by Crippen LogP contribution is 2.46. The van der Waals surface area contributed by atoms with Gasteiger partial charge in [0.2, 0.25) is 0 Å². The summed E-state index contributed by atoms with van der Waals surface area (Å²) < 4.78 is 44.3. The average Bonchev–Trinajstić information content (AvgIpc) is 2.92. The van der Waals surface area contributed by atoms with Crippen LogP contribution in [0.25, 0.3) is 0 Å². The normalized spacial score (nSPS) is 22.6. The fourth-order valence-corrected chi connectivity index (χ4v) is 2.52. The summed E-state index contributed by atoms with van der Waals surface area (Å²) in [4.78, 5) is 24.2. The Hall–Kier alpha value is -1.99. The molecule has 0 aliphatic carbocycles. The van der Waals surface area contributed by atoms with Crippen molar-refractivity contribution in [3.05, 3.63) is 23.2 Å². The van der Waals surface area contributed by atoms with Gasteiger partial charge in [-0.25, -0.2) is 0 Å². The van der Waals surface area contributed by atoms with Gasteiger partial charge in [-0.2, -0.15) is 13.2 Å².